The van der Waals surface area contributed by atoms with E-state index in [9.17, 15) is 4.79 Å². The van der Waals surface area contributed by atoms with E-state index in [1.807, 2.05) is 0 Å². The number of esters is 1. The Labute approximate surface area is 97.4 Å². The lowest BCUT2D eigenvalue weighted by Gasteiger charge is -2.21. The highest BCUT2D eigenvalue weighted by Crippen LogP contribution is 2.03. The van der Waals surface area contributed by atoms with E-state index in [1.54, 1.807) is 28.0 Å². The zero-order valence-electron chi connectivity index (χ0n) is 10.7. The van der Waals surface area contributed by atoms with Crippen LogP contribution in [0.4, 0.5) is 0 Å². The molecule has 0 saturated carbocycles. The SMILES string of the molecule is CNC(C)(C)C(=O)OCCCOCCOC. The van der Waals surface area contributed by atoms with E-state index in [0.717, 1.165) is 0 Å². The molecule has 0 aliphatic carbocycles. The van der Waals surface area contributed by atoms with Gasteiger partial charge >= 0.3 is 5.97 Å². The van der Waals surface area contributed by atoms with Crippen LogP contribution in [0.15, 0.2) is 0 Å². The van der Waals surface area contributed by atoms with Crippen LogP contribution in [0.3, 0.4) is 0 Å². The maximum atomic E-state index is 11.5. The van der Waals surface area contributed by atoms with Crippen molar-refractivity contribution in [2.75, 3.05) is 40.6 Å². The summed E-state index contributed by atoms with van der Waals surface area (Å²) in [6.45, 7) is 5.70. The molecule has 0 saturated heterocycles. The van der Waals surface area contributed by atoms with Gasteiger partial charge in [-0.3, -0.25) is 4.79 Å². The third-order valence-corrected chi connectivity index (χ3v) is 2.23. The summed E-state index contributed by atoms with van der Waals surface area (Å²) in [5, 5.41) is 2.89. The number of methoxy groups -OCH3 is 1. The van der Waals surface area contributed by atoms with Crippen molar-refractivity contribution in [1.29, 1.82) is 0 Å². The molecule has 0 atom stereocenters. The van der Waals surface area contributed by atoms with Gasteiger partial charge in [0.15, 0.2) is 0 Å². The van der Waals surface area contributed by atoms with Gasteiger partial charge in [0.05, 0.1) is 19.8 Å². The molecule has 5 heteroatoms. The van der Waals surface area contributed by atoms with Gasteiger partial charge in [-0.2, -0.15) is 0 Å². The molecule has 0 aliphatic heterocycles. The minimum atomic E-state index is -0.628. The summed E-state index contributed by atoms with van der Waals surface area (Å²) < 4.78 is 15.2. The van der Waals surface area contributed by atoms with Crippen LogP contribution in [0.1, 0.15) is 20.3 Å². The van der Waals surface area contributed by atoms with Gasteiger partial charge in [-0.25, -0.2) is 0 Å². The maximum absolute atomic E-state index is 11.5. The number of carbonyl (C=O) groups is 1. The molecule has 0 spiro atoms. The van der Waals surface area contributed by atoms with E-state index in [1.165, 1.54) is 0 Å². The fraction of sp³-hybridized carbons (Fsp3) is 0.909. The van der Waals surface area contributed by atoms with Gasteiger partial charge in [-0.1, -0.05) is 0 Å². The van der Waals surface area contributed by atoms with Crippen LogP contribution in [-0.2, 0) is 19.0 Å². The molecule has 0 aromatic rings. The quantitative estimate of drug-likeness (QED) is 0.466. The summed E-state index contributed by atoms with van der Waals surface area (Å²) in [7, 11) is 3.36. The van der Waals surface area contributed by atoms with Crippen LogP contribution in [0.25, 0.3) is 0 Å². The summed E-state index contributed by atoms with van der Waals surface area (Å²) >= 11 is 0. The van der Waals surface area contributed by atoms with Crippen molar-refractivity contribution in [3.05, 3.63) is 0 Å². The molecule has 0 fully saturated rings. The minimum absolute atomic E-state index is 0.244. The smallest absolute Gasteiger partial charge is 0.325 e. The van der Waals surface area contributed by atoms with Gasteiger partial charge in [-0.15, -0.1) is 0 Å². The number of carbonyl (C=O) groups excluding carboxylic acids is 1. The molecular formula is C11H23NO4. The molecule has 96 valence electrons. The molecule has 16 heavy (non-hydrogen) atoms. The van der Waals surface area contributed by atoms with Crippen LogP contribution in [0.5, 0.6) is 0 Å². The molecule has 1 N–H and O–H groups in total. The molecule has 0 heterocycles. The van der Waals surface area contributed by atoms with Crippen LogP contribution in [0.2, 0.25) is 0 Å². The molecule has 0 aromatic heterocycles. The molecule has 0 bridgehead atoms. The molecule has 0 aromatic carbocycles. The van der Waals surface area contributed by atoms with Crippen LogP contribution in [-0.4, -0.2) is 52.1 Å². The molecule has 0 unspecified atom stereocenters. The number of ether oxygens (including phenoxy) is 3. The lowest BCUT2D eigenvalue weighted by atomic mass is 10.1. The van der Waals surface area contributed by atoms with E-state index in [0.29, 0.717) is 32.8 Å². The first kappa shape index (κ1) is 15.3. The number of nitrogens with one attached hydrogen (secondary N) is 1. The van der Waals surface area contributed by atoms with E-state index < -0.39 is 5.54 Å². The minimum Gasteiger partial charge on any atom is -0.464 e. The van der Waals surface area contributed by atoms with Gasteiger partial charge in [-0.05, 0) is 20.9 Å². The highest BCUT2D eigenvalue weighted by Gasteiger charge is 2.26. The van der Waals surface area contributed by atoms with Gasteiger partial charge in [0, 0.05) is 20.1 Å². The van der Waals surface area contributed by atoms with E-state index in [2.05, 4.69) is 5.32 Å². The van der Waals surface area contributed by atoms with Crippen molar-refractivity contribution in [3.8, 4) is 0 Å². The number of rotatable bonds is 9. The first-order valence-electron chi connectivity index (χ1n) is 5.47. The fourth-order valence-electron chi connectivity index (χ4n) is 0.853. The number of likely N-dealkylation sites (N-methyl/N-ethyl adjacent to an activating group) is 1. The Hall–Kier alpha value is -0.650. The van der Waals surface area contributed by atoms with Crippen molar-refractivity contribution >= 4 is 5.97 Å². The number of hydrogen-bond acceptors (Lipinski definition) is 5. The van der Waals surface area contributed by atoms with Gasteiger partial charge < -0.3 is 19.5 Å². The second-order valence-electron chi connectivity index (χ2n) is 3.97. The van der Waals surface area contributed by atoms with Gasteiger partial charge in [0.2, 0.25) is 0 Å². The third-order valence-electron chi connectivity index (χ3n) is 2.23. The monoisotopic (exact) mass is 233 g/mol. The molecule has 0 radical (unpaired) electrons. The largest absolute Gasteiger partial charge is 0.464 e. The van der Waals surface area contributed by atoms with E-state index in [-0.39, 0.29) is 5.97 Å². The van der Waals surface area contributed by atoms with Crippen molar-refractivity contribution in [2.45, 2.75) is 25.8 Å². The summed E-state index contributed by atoms with van der Waals surface area (Å²) in [6.07, 6.45) is 0.704. The predicted octanol–water partition coefficient (Wildman–Crippen LogP) is 0.581. The highest BCUT2D eigenvalue weighted by atomic mass is 16.5. The van der Waals surface area contributed by atoms with E-state index >= 15 is 0 Å². The Morgan fingerprint density at radius 1 is 1.19 bits per heavy atom. The summed E-state index contributed by atoms with van der Waals surface area (Å²) in [6, 6.07) is 0. The topological polar surface area (TPSA) is 56.8 Å². The van der Waals surface area contributed by atoms with Crippen molar-refractivity contribution in [1.82, 2.24) is 5.32 Å². The second kappa shape index (κ2) is 8.50. The van der Waals surface area contributed by atoms with Gasteiger partial charge in [0.25, 0.3) is 0 Å². The second-order valence-corrected chi connectivity index (χ2v) is 3.97. The summed E-state index contributed by atoms with van der Waals surface area (Å²) in [5.74, 6) is -0.244. The van der Waals surface area contributed by atoms with Crippen molar-refractivity contribution < 1.29 is 19.0 Å². The number of hydrogen-bond donors (Lipinski definition) is 1. The molecule has 5 nitrogen and oxygen atoms in total. The lowest BCUT2D eigenvalue weighted by Crippen LogP contribution is -2.45. The van der Waals surface area contributed by atoms with Crippen molar-refractivity contribution in [2.24, 2.45) is 0 Å². The average Bonchev–Trinajstić information content (AvgIpc) is 2.27. The van der Waals surface area contributed by atoms with Crippen LogP contribution < -0.4 is 5.32 Å². The molecular weight excluding hydrogens is 210 g/mol. The Kier molecular flexibility index (Phi) is 8.15. The molecule has 0 aliphatic rings. The standard InChI is InChI=1S/C11H23NO4/c1-11(2,12-3)10(13)16-7-5-6-15-9-8-14-4/h12H,5-9H2,1-4H3. The zero-order chi connectivity index (χ0) is 12.4. The van der Waals surface area contributed by atoms with Crippen LogP contribution in [0, 0.1) is 0 Å². The predicted molar refractivity (Wildman–Crippen MR) is 61.4 cm³/mol. The average molecular weight is 233 g/mol. The Morgan fingerprint density at radius 3 is 2.44 bits per heavy atom. The summed E-state index contributed by atoms with van der Waals surface area (Å²) in [4.78, 5) is 11.5. The lowest BCUT2D eigenvalue weighted by molar-refractivity contribution is -0.150. The Bertz CT molecular complexity index is 194. The third kappa shape index (κ3) is 6.76. The highest BCUT2D eigenvalue weighted by molar-refractivity contribution is 5.79. The first-order valence-corrected chi connectivity index (χ1v) is 5.47. The van der Waals surface area contributed by atoms with E-state index in [4.69, 9.17) is 14.2 Å². The Morgan fingerprint density at radius 2 is 1.88 bits per heavy atom. The van der Waals surface area contributed by atoms with Gasteiger partial charge in [0.1, 0.15) is 5.54 Å². The normalized spacial score (nSPS) is 11.5. The first-order chi connectivity index (χ1) is 7.54. The maximum Gasteiger partial charge on any atom is 0.325 e. The van der Waals surface area contributed by atoms with Crippen LogP contribution >= 0.6 is 0 Å². The summed E-state index contributed by atoms with van der Waals surface area (Å²) in [5.41, 5.74) is -0.628. The molecule has 0 rings (SSSR count). The fourth-order valence-corrected chi connectivity index (χ4v) is 0.853. The Balaban J connectivity index is 3.42. The van der Waals surface area contributed by atoms with Crippen molar-refractivity contribution in [3.63, 3.8) is 0 Å². The molecule has 0 amide bonds. The zero-order valence-corrected chi connectivity index (χ0v) is 10.7.